The van der Waals surface area contributed by atoms with Gasteiger partial charge in [-0.1, -0.05) is 67.9 Å². The number of carbonyl (C=O) groups excluding carboxylic acids is 2. The van der Waals surface area contributed by atoms with Gasteiger partial charge in [-0.3, -0.25) is 9.59 Å². The lowest BCUT2D eigenvalue weighted by Crippen LogP contribution is -2.27. The third kappa shape index (κ3) is 4.74. The Morgan fingerprint density at radius 3 is 2.33 bits per heavy atom. The van der Waals surface area contributed by atoms with Crippen LogP contribution in [0.4, 0.5) is 5.69 Å². The smallest absolute Gasteiger partial charge is 0.316 e. The van der Waals surface area contributed by atoms with Crippen LogP contribution in [0.15, 0.2) is 72.8 Å². The zero-order chi connectivity index (χ0) is 23.6. The van der Waals surface area contributed by atoms with Crippen molar-refractivity contribution >= 4 is 29.2 Å². The first-order valence-corrected chi connectivity index (χ1v) is 11.2. The molecule has 1 amide bonds. The van der Waals surface area contributed by atoms with Gasteiger partial charge in [0.05, 0.1) is 18.7 Å². The third-order valence-electron chi connectivity index (χ3n) is 6.18. The predicted molar refractivity (Wildman–Crippen MR) is 129 cm³/mol. The van der Waals surface area contributed by atoms with E-state index in [0.29, 0.717) is 22.2 Å². The fourth-order valence-corrected chi connectivity index (χ4v) is 4.30. The van der Waals surface area contributed by atoms with Gasteiger partial charge in [0.1, 0.15) is 11.5 Å². The summed E-state index contributed by atoms with van der Waals surface area (Å²) in [5.41, 5.74) is 2.69. The number of esters is 1. The molecule has 0 radical (unpaired) electrons. The number of anilines is 1. The maximum absolute atomic E-state index is 12.8. The minimum absolute atomic E-state index is 0.0770. The molecular formula is C27H26ClNO4. The van der Waals surface area contributed by atoms with E-state index in [9.17, 15) is 9.59 Å². The molecule has 6 heteroatoms. The van der Waals surface area contributed by atoms with Crippen molar-refractivity contribution in [1.29, 1.82) is 0 Å². The molecule has 1 aliphatic heterocycles. The number of hydrogen-bond donors (Lipinski definition) is 0. The largest absolute Gasteiger partial charge is 0.495 e. The van der Waals surface area contributed by atoms with Crippen LogP contribution in [0.5, 0.6) is 11.5 Å². The fraction of sp³-hybridized carbons (Fsp3) is 0.259. The van der Waals surface area contributed by atoms with E-state index in [4.69, 9.17) is 21.1 Å². The zero-order valence-electron chi connectivity index (χ0n) is 18.9. The van der Waals surface area contributed by atoms with Gasteiger partial charge in [0, 0.05) is 23.4 Å². The van der Waals surface area contributed by atoms with E-state index in [1.807, 2.05) is 30.3 Å². The van der Waals surface area contributed by atoms with Gasteiger partial charge in [-0.25, -0.2) is 0 Å². The molecule has 1 atom stereocenters. The van der Waals surface area contributed by atoms with Gasteiger partial charge in [0.25, 0.3) is 0 Å². The van der Waals surface area contributed by atoms with Crippen LogP contribution >= 0.6 is 11.6 Å². The van der Waals surface area contributed by atoms with Crippen LogP contribution in [-0.4, -0.2) is 25.5 Å². The molecule has 5 nitrogen and oxygen atoms in total. The summed E-state index contributed by atoms with van der Waals surface area (Å²) >= 11 is 6.10. The number of rotatable bonds is 6. The molecule has 4 rings (SSSR count). The van der Waals surface area contributed by atoms with Crippen molar-refractivity contribution in [3.05, 3.63) is 88.9 Å². The molecule has 1 fully saturated rings. The molecule has 170 valence electrons. The number of nitrogens with zero attached hydrogens (tertiary/aromatic N) is 1. The normalized spacial score (nSPS) is 16.1. The molecule has 0 aromatic heterocycles. The molecule has 33 heavy (non-hydrogen) atoms. The molecule has 0 spiro atoms. The van der Waals surface area contributed by atoms with Gasteiger partial charge < -0.3 is 14.4 Å². The predicted octanol–water partition coefficient (Wildman–Crippen LogP) is 5.63. The van der Waals surface area contributed by atoms with Crippen molar-refractivity contribution < 1.29 is 19.1 Å². The Hall–Kier alpha value is -3.31. The van der Waals surface area contributed by atoms with Crippen molar-refractivity contribution in [3.63, 3.8) is 0 Å². The Labute approximate surface area is 198 Å². The van der Waals surface area contributed by atoms with E-state index in [1.165, 1.54) is 17.6 Å². The van der Waals surface area contributed by atoms with E-state index in [0.717, 1.165) is 5.56 Å². The summed E-state index contributed by atoms with van der Waals surface area (Å²) in [6, 6.07) is 22.9. The van der Waals surface area contributed by atoms with E-state index in [2.05, 4.69) is 26.0 Å². The van der Waals surface area contributed by atoms with Crippen molar-refractivity contribution in [3.8, 4) is 11.5 Å². The Kier molecular flexibility index (Phi) is 6.43. The second-order valence-electron chi connectivity index (χ2n) is 8.66. The molecule has 1 heterocycles. The van der Waals surface area contributed by atoms with Gasteiger partial charge in [-0.15, -0.1) is 0 Å². The monoisotopic (exact) mass is 463 g/mol. The summed E-state index contributed by atoms with van der Waals surface area (Å²) in [6.07, 6.45) is 0.0770. The van der Waals surface area contributed by atoms with Gasteiger partial charge in [0.2, 0.25) is 5.91 Å². The van der Waals surface area contributed by atoms with Crippen molar-refractivity contribution in [1.82, 2.24) is 0 Å². The van der Waals surface area contributed by atoms with Gasteiger partial charge in [0.15, 0.2) is 0 Å². The highest BCUT2D eigenvalue weighted by Gasteiger charge is 2.37. The number of halogens is 1. The summed E-state index contributed by atoms with van der Waals surface area (Å²) in [5, 5.41) is 0.489. The third-order valence-corrected chi connectivity index (χ3v) is 6.42. The summed E-state index contributed by atoms with van der Waals surface area (Å²) < 4.78 is 11.0. The molecule has 3 aromatic rings. The second-order valence-corrected chi connectivity index (χ2v) is 9.09. The van der Waals surface area contributed by atoms with E-state index in [1.54, 1.807) is 30.3 Å². The fourth-order valence-electron chi connectivity index (χ4n) is 4.13. The van der Waals surface area contributed by atoms with E-state index >= 15 is 0 Å². The lowest BCUT2D eigenvalue weighted by molar-refractivity contribution is -0.139. The highest BCUT2D eigenvalue weighted by Crippen LogP contribution is 2.36. The van der Waals surface area contributed by atoms with Gasteiger partial charge >= 0.3 is 5.97 Å². The topological polar surface area (TPSA) is 55.8 Å². The first-order chi connectivity index (χ1) is 15.8. The van der Waals surface area contributed by atoms with Crippen LogP contribution in [0.2, 0.25) is 5.02 Å². The van der Waals surface area contributed by atoms with Gasteiger partial charge in [-0.2, -0.15) is 0 Å². The Bertz CT molecular complexity index is 1160. The highest BCUT2D eigenvalue weighted by molar-refractivity contribution is 6.31. The average Bonchev–Trinajstić information content (AvgIpc) is 3.21. The van der Waals surface area contributed by atoms with E-state index < -0.39 is 11.9 Å². The van der Waals surface area contributed by atoms with Crippen molar-refractivity contribution in [2.45, 2.75) is 25.7 Å². The summed E-state index contributed by atoms with van der Waals surface area (Å²) in [6.45, 7) is 4.53. The van der Waals surface area contributed by atoms with Crippen LogP contribution in [0.1, 0.15) is 31.4 Å². The van der Waals surface area contributed by atoms with Gasteiger partial charge in [-0.05, 0) is 41.5 Å². The lowest BCUT2D eigenvalue weighted by Gasteiger charge is -2.26. The Balaban J connectivity index is 1.45. The SMILES string of the molecule is COc1ccc(Cl)cc1N1C[C@H](C(=O)Oc2ccc(C(C)(C)c3ccccc3)cc2)CC1=O. The average molecular weight is 464 g/mol. The summed E-state index contributed by atoms with van der Waals surface area (Å²) in [4.78, 5) is 27.0. The highest BCUT2D eigenvalue weighted by atomic mass is 35.5. The maximum Gasteiger partial charge on any atom is 0.316 e. The van der Waals surface area contributed by atoms with Crippen molar-refractivity contribution in [2.75, 3.05) is 18.6 Å². The molecular weight excluding hydrogens is 438 g/mol. The minimum Gasteiger partial charge on any atom is -0.495 e. The second kappa shape index (κ2) is 9.28. The molecule has 0 N–H and O–H groups in total. The molecule has 0 saturated carbocycles. The molecule has 0 aliphatic carbocycles. The Morgan fingerprint density at radius 1 is 1.00 bits per heavy atom. The molecule has 1 saturated heterocycles. The zero-order valence-corrected chi connectivity index (χ0v) is 19.6. The summed E-state index contributed by atoms with van der Waals surface area (Å²) in [7, 11) is 1.53. The van der Waals surface area contributed by atoms with Crippen LogP contribution in [0.25, 0.3) is 0 Å². The van der Waals surface area contributed by atoms with E-state index in [-0.39, 0.29) is 24.3 Å². The van der Waals surface area contributed by atoms with Crippen LogP contribution < -0.4 is 14.4 Å². The molecule has 1 aliphatic rings. The minimum atomic E-state index is -0.568. The quantitative estimate of drug-likeness (QED) is 0.351. The van der Waals surface area contributed by atoms with Crippen molar-refractivity contribution in [2.24, 2.45) is 5.92 Å². The van der Waals surface area contributed by atoms with Crippen LogP contribution in [-0.2, 0) is 15.0 Å². The standard InChI is InChI=1S/C27H26ClNO4/c1-27(2,19-7-5-4-6-8-19)20-9-12-22(13-10-20)33-26(31)18-15-25(30)29(17-18)23-16-21(28)11-14-24(23)32-3/h4-14,16,18H,15,17H2,1-3H3/t18-/m1/s1. The maximum atomic E-state index is 12.8. The first kappa shape index (κ1) is 22.9. The number of methoxy groups -OCH3 is 1. The Morgan fingerprint density at radius 2 is 1.67 bits per heavy atom. The number of carbonyl (C=O) groups is 2. The number of amides is 1. The molecule has 0 unspecified atom stereocenters. The lowest BCUT2D eigenvalue weighted by atomic mass is 9.78. The number of ether oxygens (including phenoxy) is 2. The molecule has 0 bridgehead atoms. The number of benzene rings is 3. The summed E-state index contributed by atoms with van der Waals surface area (Å²) in [5.74, 6) is -0.182. The number of hydrogen-bond acceptors (Lipinski definition) is 4. The van der Waals surface area contributed by atoms with Crippen LogP contribution in [0.3, 0.4) is 0 Å². The molecule has 3 aromatic carbocycles. The van der Waals surface area contributed by atoms with Crippen LogP contribution in [0, 0.1) is 5.92 Å². The first-order valence-electron chi connectivity index (χ1n) is 10.8.